The fraction of sp³-hybridized carbons (Fsp3) is 0.467. The number of nitrogens with one attached hydrogen (secondary N) is 3. The van der Waals surface area contributed by atoms with Crippen LogP contribution in [0, 0.1) is 11.8 Å². The van der Waals surface area contributed by atoms with Crippen molar-refractivity contribution in [2.75, 3.05) is 0 Å². The summed E-state index contributed by atoms with van der Waals surface area (Å²) in [6.07, 6.45) is 4.82. The Bertz CT molecular complexity index is 483. The van der Waals surface area contributed by atoms with Crippen LogP contribution in [0.1, 0.15) is 36.0 Å². The van der Waals surface area contributed by atoms with Gasteiger partial charge in [0.05, 0.1) is 0 Å². The number of urea groups is 1. The number of hydrazine groups is 1. The van der Waals surface area contributed by atoms with E-state index in [0.29, 0.717) is 17.4 Å². The monoisotopic (exact) mass is 273 g/mol. The van der Waals surface area contributed by atoms with Crippen molar-refractivity contribution in [1.82, 2.24) is 16.2 Å². The van der Waals surface area contributed by atoms with E-state index in [0.717, 1.165) is 0 Å². The van der Waals surface area contributed by atoms with Crippen molar-refractivity contribution in [3.63, 3.8) is 0 Å². The van der Waals surface area contributed by atoms with Crippen molar-refractivity contribution in [3.05, 3.63) is 35.9 Å². The zero-order valence-corrected chi connectivity index (χ0v) is 11.3. The number of carbonyl (C=O) groups is 2. The summed E-state index contributed by atoms with van der Waals surface area (Å²) in [4.78, 5) is 23.6. The normalized spacial score (nSPS) is 17.6. The lowest BCUT2D eigenvalue weighted by atomic mass is 10.1. The van der Waals surface area contributed by atoms with E-state index in [1.807, 2.05) is 6.07 Å². The van der Waals surface area contributed by atoms with E-state index in [2.05, 4.69) is 16.2 Å². The third kappa shape index (κ3) is 3.29. The third-order valence-corrected chi connectivity index (χ3v) is 3.88. The molecule has 0 bridgehead atoms. The maximum atomic E-state index is 11.8. The van der Waals surface area contributed by atoms with Gasteiger partial charge < -0.3 is 5.32 Å². The molecule has 3 rings (SSSR count). The molecule has 3 N–H and O–H groups in total. The second kappa shape index (κ2) is 5.53. The van der Waals surface area contributed by atoms with Gasteiger partial charge in [0.1, 0.15) is 0 Å². The number of benzene rings is 1. The Morgan fingerprint density at radius 1 is 0.950 bits per heavy atom. The van der Waals surface area contributed by atoms with Crippen LogP contribution in [-0.2, 0) is 0 Å². The third-order valence-electron chi connectivity index (χ3n) is 3.88. The standard InChI is InChI=1S/C15H19N3O2/c19-14(12-4-2-1-3-5-12)17-18-15(20)16-13(10-6-7-10)11-8-9-11/h1-5,10-11,13H,6-9H2,(H,17,19)(H2,16,18,20). The molecule has 0 aromatic heterocycles. The molecule has 1 aromatic carbocycles. The highest BCUT2D eigenvalue weighted by Crippen LogP contribution is 2.44. The van der Waals surface area contributed by atoms with E-state index in [-0.39, 0.29) is 18.0 Å². The molecular weight excluding hydrogens is 254 g/mol. The van der Waals surface area contributed by atoms with Crippen molar-refractivity contribution >= 4 is 11.9 Å². The molecule has 2 saturated carbocycles. The molecule has 0 atom stereocenters. The zero-order valence-electron chi connectivity index (χ0n) is 11.3. The second-order valence-corrected chi connectivity index (χ2v) is 5.62. The van der Waals surface area contributed by atoms with Gasteiger partial charge in [-0.25, -0.2) is 10.2 Å². The molecule has 2 aliphatic carbocycles. The molecule has 106 valence electrons. The highest BCUT2D eigenvalue weighted by Gasteiger charge is 2.42. The molecule has 0 spiro atoms. The summed E-state index contributed by atoms with van der Waals surface area (Å²) in [5.74, 6) is 0.964. The predicted octanol–water partition coefficient (Wildman–Crippen LogP) is 1.82. The predicted molar refractivity (Wildman–Crippen MR) is 74.8 cm³/mol. The summed E-state index contributed by atoms with van der Waals surface area (Å²) >= 11 is 0. The summed E-state index contributed by atoms with van der Waals surface area (Å²) in [5.41, 5.74) is 5.37. The summed E-state index contributed by atoms with van der Waals surface area (Å²) in [5, 5.41) is 2.98. The molecule has 0 saturated heterocycles. The van der Waals surface area contributed by atoms with Gasteiger partial charge in [-0.05, 0) is 49.7 Å². The van der Waals surface area contributed by atoms with Crippen LogP contribution in [-0.4, -0.2) is 18.0 Å². The molecule has 0 heterocycles. The van der Waals surface area contributed by atoms with Gasteiger partial charge in [-0.15, -0.1) is 0 Å². The van der Waals surface area contributed by atoms with Crippen LogP contribution in [0.2, 0.25) is 0 Å². The first kappa shape index (κ1) is 13.0. The highest BCUT2D eigenvalue weighted by atomic mass is 16.2. The quantitative estimate of drug-likeness (QED) is 0.732. The van der Waals surface area contributed by atoms with Crippen molar-refractivity contribution in [2.24, 2.45) is 11.8 Å². The molecule has 2 aliphatic rings. The minimum absolute atomic E-state index is 0.281. The minimum Gasteiger partial charge on any atom is -0.333 e. The molecular formula is C15H19N3O2. The maximum absolute atomic E-state index is 11.8. The molecule has 1 aromatic rings. The van der Waals surface area contributed by atoms with Gasteiger partial charge in [0, 0.05) is 11.6 Å². The van der Waals surface area contributed by atoms with E-state index in [1.54, 1.807) is 24.3 Å². The minimum atomic E-state index is -0.321. The molecule has 2 fully saturated rings. The topological polar surface area (TPSA) is 70.2 Å². The first-order valence-corrected chi connectivity index (χ1v) is 7.16. The number of carbonyl (C=O) groups excluding carboxylic acids is 2. The van der Waals surface area contributed by atoms with E-state index < -0.39 is 0 Å². The smallest absolute Gasteiger partial charge is 0.333 e. The SMILES string of the molecule is O=C(NNC(=O)c1ccccc1)NC(C1CC1)C1CC1. The Kier molecular flexibility index (Phi) is 3.58. The van der Waals surface area contributed by atoms with Crippen molar-refractivity contribution in [2.45, 2.75) is 31.7 Å². The van der Waals surface area contributed by atoms with Crippen molar-refractivity contribution in [1.29, 1.82) is 0 Å². The van der Waals surface area contributed by atoms with Crippen LogP contribution < -0.4 is 16.2 Å². The Morgan fingerprint density at radius 3 is 2.10 bits per heavy atom. The Labute approximate surface area is 118 Å². The Morgan fingerprint density at radius 2 is 1.55 bits per heavy atom. The summed E-state index contributed by atoms with van der Waals surface area (Å²) in [7, 11) is 0. The van der Waals surface area contributed by atoms with Gasteiger partial charge in [-0.1, -0.05) is 18.2 Å². The molecule has 0 aliphatic heterocycles. The molecule has 5 heteroatoms. The summed E-state index contributed by atoms with van der Waals surface area (Å²) in [6.45, 7) is 0. The fourth-order valence-electron chi connectivity index (χ4n) is 2.49. The fourth-order valence-corrected chi connectivity index (χ4v) is 2.49. The van der Waals surface area contributed by atoms with Crippen LogP contribution in [0.4, 0.5) is 4.79 Å². The highest BCUT2D eigenvalue weighted by molar-refractivity contribution is 5.95. The lowest BCUT2D eigenvalue weighted by Gasteiger charge is -2.18. The van der Waals surface area contributed by atoms with E-state index in [9.17, 15) is 9.59 Å². The largest absolute Gasteiger partial charge is 0.333 e. The number of hydrogen-bond acceptors (Lipinski definition) is 2. The van der Waals surface area contributed by atoms with Gasteiger partial charge in [-0.3, -0.25) is 10.2 Å². The number of hydrogen-bond donors (Lipinski definition) is 3. The van der Waals surface area contributed by atoms with Gasteiger partial charge in [-0.2, -0.15) is 0 Å². The number of rotatable bonds is 4. The molecule has 0 unspecified atom stereocenters. The van der Waals surface area contributed by atoms with Crippen LogP contribution in [0.25, 0.3) is 0 Å². The van der Waals surface area contributed by atoms with Crippen molar-refractivity contribution in [3.8, 4) is 0 Å². The number of amides is 3. The molecule has 5 nitrogen and oxygen atoms in total. The van der Waals surface area contributed by atoms with Crippen LogP contribution in [0.15, 0.2) is 30.3 Å². The average Bonchev–Trinajstić information content (AvgIpc) is 3.36. The first-order chi connectivity index (χ1) is 9.74. The average molecular weight is 273 g/mol. The van der Waals surface area contributed by atoms with Gasteiger partial charge in [0.15, 0.2) is 0 Å². The Balaban J connectivity index is 1.45. The van der Waals surface area contributed by atoms with Gasteiger partial charge in [0.25, 0.3) is 5.91 Å². The Hall–Kier alpha value is -2.04. The first-order valence-electron chi connectivity index (χ1n) is 7.16. The van der Waals surface area contributed by atoms with Crippen LogP contribution in [0.3, 0.4) is 0 Å². The van der Waals surface area contributed by atoms with E-state index in [1.165, 1.54) is 25.7 Å². The lowest BCUT2D eigenvalue weighted by molar-refractivity contribution is 0.0935. The van der Waals surface area contributed by atoms with E-state index in [4.69, 9.17) is 0 Å². The van der Waals surface area contributed by atoms with E-state index >= 15 is 0 Å². The van der Waals surface area contributed by atoms with Crippen molar-refractivity contribution < 1.29 is 9.59 Å². The van der Waals surface area contributed by atoms with Crippen LogP contribution in [0.5, 0.6) is 0 Å². The molecule has 3 amide bonds. The van der Waals surface area contributed by atoms with Crippen LogP contribution >= 0.6 is 0 Å². The molecule has 0 radical (unpaired) electrons. The van der Waals surface area contributed by atoms with Gasteiger partial charge in [0.2, 0.25) is 0 Å². The maximum Gasteiger partial charge on any atom is 0.333 e. The molecule has 20 heavy (non-hydrogen) atoms. The zero-order chi connectivity index (χ0) is 13.9. The summed E-state index contributed by atoms with van der Waals surface area (Å²) in [6, 6.07) is 8.77. The summed E-state index contributed by atoms with van der Waals surface area (Å²) < 4.78 is 0. The second-order valence-electron chi connectivity index (χ2n) is 5.62. The van der Waals surface area contributed by atoms with Gasteiger partial charge >= 0.3 is 6.03 Å². The lowest BCUT2D eigenvalue weighted by Crippen LogP contribution is -2.51.